The van der Waals surface area contributed by atoms with Crippen LogP contribution in [0.15, 0.2) is 33.4 Å². The molecule has 78 valence electrons. The fourth-order valence-electron chi connectivity index (χ4n) is 2.18. The fourth-order valence-corrected chi connectivity index (χ4v) is 5.20. The van der Waals surface area contributed by atoms with Crippen LogP contribution in [0.4, 0.5) is 0 Å². The Bertz CT molecular complexity index is 554. The highest BCUT2D eigenvalue weighted by molar-refractivity contribution is 7.86. The number of hydrogen-bond donors (Lipinski definition) is 3. The number of aliphatic hydroxyl groups is 1. The van der Waals surface area contributed by atoms with E-state index in [4.69, 9.17) is 10.8 Å². The molecular weight excluding hydrogens is 217 g/mol. The molecule has 0 fully saturated rings. The van der Waals surface area contributed by atoms with Crippen LogP contribution in [0.5, 0.6) is 0 Å². The van der Waals surface area contributed by atoms with Gasteiger partial charge in [0.1, 0.15) is 11.8 Å². The van der Waals surface area contributed by atoms with Gasteiger partial charge in [0.05, 0.1) is 10.6 Å². The van der Waals surface area contributed by atoms with Crippen LogP contribution in [0.3, 0.4) is 0 Å². The van der Waals surface area contributed by atoms with E-state index in [2.05, 4.69) is 0 Å². The minimum atomic E-state index is -2.45. The Morgan fingerprint density at radius 1 is 1.53 bits per heavy atom. The zero-order valence-electron chi connectivity index (χ0n) is 7.60. The number of nitrogens with two attached hydrogens (primary N) is 1. The Hall–Kier alpha value is -1.32. The third-order valence-corrected chi connectivity index (χ3v) is 5.98. The summed E-state index contributed by atoms with van der Waals surface area (Å²) in [5.74, 6) is -0.947. The van der Waals surface area contributed by atoms with Gasteiger partial charge in [-0.25, -0.2) is 0 Å². The Morgan fingerprint density at radius 3 is 2.60 bits per heavy atom. The summed E-state index contributed by atoms with van der Waals surface area (Å²) >= 11 is 0. The van der Waals surface area contributed by atoms with Crippen molar-refractivity contribution in [2.24, 2.45) is 5.73 Å². The molecule has 0 aromatic rings. The molecule has 0 spiro atoms. The average molecular weight is 225 g/mol. The summed E-state index contributed by atoms with van der Waals surface area (Å²) in [7, 11) is -2.45. The zero-order valence-corrected chi connectivity index (χ0v) is 8.49. The maximum Gasteiger partial charge on any atom is 0.320 e. The van der Waals surface area contributed by atoms with Crippen LogP contribution in [0.1, 0.15) is 6.42 Å². The largest absolute Gasteiger partial charge is 0.506 e. The van der Waals surface area contributed by atoms with E-state index in [-0.39, 0.29) is 12.2 Å². The molecule has 3 aliphatic heterocycles. The molecule has 3 rings (SSSR count). The standard InChI is InChI=1S/C9H8NO4P/c10-4(9(12)13)1-3-2-5-6(11)8-7(3)15(5,8)14/h2,4,11H,1,10H2,(H,12,13)/t4-,15?/m0/s1. The van der Waals surface area contributed by atoms with Crippen molar-refractivity contribution in [3.8, 4) is 0 Å². The quantitative estimate of drug-likeness (QED) is 0.624. The molecule has 0 aromatic carbocycles. The first kappa shape index (κ1) is 8.95. The van der Waals surface area contributed by atoms with Gasteiger partial charge >= 0.3 is 5.97 Å². The van der Waals surface area contributed by atoms with Gasteiger partial charge in [-0.15, -0.1) is 0 Å². The van der Waals surface area contributed by atoms with E-state index in [0.717, 1.165) is 5.57 Å². The lowest BCUT2D eigenvalue weighted by Gasteiger charge is -2.12. The predicted octanol–water partition coefficient (Wildman–Crippen LogP) is 1.10. The SMILES string of the molecule is N[C@@H](CC1=CC2=C(O)C3=C1P23=O)C(=O)O. The van der Waals surface area contributed by atoms with E-state index < -0.39 is 19.2 Å². The van der Waals surface area contributed by atoms with E-state index in [1.165, 1.54) is 0 Å². The summed E-state index contributed by atoms with van der Waals surface area (Å²) < 4.78 is 11.9. The molecule has 0 bridgehead atoms. The van der Waals surface area contributed by atoms with Gasteiger partial charge in [0.25, 0.3) is 0 Å². The molecule has 0 saturated heterocycles. The maximum atomic E-state index is 11.9. The van der Waals surface area contributed by atoms with Crippen LogP contribution >= 0.6 is 7.14 Å². The van der Waals surface area contributed by atoms with Crippen molar-refractivity contribution in [3.05, 3.63) is 33.4 Å². The van der Waals surface area contributed by atoms with E-state index in [1.54, 1.807) is 6.08 Å². The highest BCUT2D eigenvalue weighted by Gasteiger charge is 2.67. The van der Waals surface area contributed by atoms with Gasteiger partial charge in [0.2, 0.25) is 0 Å². The molecule has 3 heterocycles. The number of carbonyl (C=O) groups is 1. The number of aliphatic hydroxyl groups excluding tert-OH is 1. The molecule has 15 heavy (non-hydrogen) atoms. The van der Waals surface area contributed by atoms with Gasteiger partial charge in [-0.2, -0.15) is 0 Å². The van der Waals surface area contributed by atoms with Crippen LogP contribution in [0.25, 0.3) is 0 Å². The Labute approximate surface area is 85.0 Å². The van der Waals surface area contributed by atoms with Crippen LogP contribution in [-0.2, 0) is 9.36 Å². The van der Waals surface area contributed by atoms with Crippen LogP contribution in [0.2, 0.25) is 0 Å². The summed E-state index contributed by atoms with van der Waals surface area (Å²) in [4.78, 5) is 10.5. The van der Waals surface area contributed by atoms with Gasteiger partial charge in [-0.1, -0.05) is 0 Å². The second-order valence-corrected chi connectivity index (χ2v) is 6.45. The van der Waals surface area contributed by atoms with Crippen molar-refractivity contribution < 1.29 is 19.6 Å². The predicted molar refractivity (Wildman–Crippen MR) is 52.6 cm³/mol. The van der Waals surface area contributed by atoms with Crippen LogP contribution in [-0.4, -0.2) is 22.2 Å². The van der Waals surface area contributed by atoms with E-state index >= 15 is 0 Å². The molecule has 6 heteroatoms. The lowest BCUT2D eigenvalue weighted by molar-refractivity contribution is -0.138. The molecule has 3 aliphatic rings. The Morgan fingerprint density at radius 2 is 2.20 bits per heavy atom. The molecule has 0 saturated carbocycles. The lowest BCUT2D eigenvalue weighted by Crippen LogP contribution is -2.30. The number of rotatable bonds is 3. The molecular formula is C9H8NO4P. The third-order valence-electron chi connectivity index (χ3n) is 2.98. The number of carboxylic acids is 1. The van der Waals surface area contributed by atoms with E-state index in [9.17, 15) is 14.5 Å². The first-order chi connectivity index (χ1) is 6.98. The molecule has 2 atom stereocenters. The van der Waals surface area contributed by atoms with Crippen molar-refractivity contribution in [2.45, 2.75) is 12.5 Å². The normalized spacial score (nSPS) is 32.2. The van der Waals surface area contributed by atoms with Crippen molar-refractivity contribution in [1.82, 2.24) is 0 Å². The summed E-state index contributed by atoms with van der Waals surface area (Å²) in [6.45, 7) is 0. The summed E-state index contributed by atoms with van der Waals surface area (Å²) in [6, 6.07) is -0.973. The second kappa shape index (κ2) is 2.26. The Balaban J connectivity index is 1.87. The van der Waals surface area contributed by atoms with Crippen LogP contribution in [0, 0.1) is 0 Å². The van der Waals surface area contributed by atoms with Gasteiger partial charge in [0.15, 0.2) is 7.14 Å². The third kappa shape index (κ3) is 0.794. The van der Waals surface area contributed by atoms with Gasteiger partial charge < -0.3 is 20.5 Å². The second-order valence-electron chi connectivity index (χ2n) is 3.86. The summed E-state index contributed by atoms with van der Waals surface area (Å²) in [5, 5.41) is 19.7. The highest BCUT2D eigenvalue weighted by atomic mass is 31.2. The van der Waals surface area contributed by atoms with Crippen molar-refractivity contribution in [3.63, 3.8) is 0 Å². The zero-order chi connectivity index (χ0) is 11.0. The first-order valence-electron chi connectivity index (χ1n) is 4.47. The molecule has 0 amide bonds. The maximum absolute atomic E-state index is 11.9. The molecule has 0 aromatic heterocycles. The van der Waals surface area contributed by atoms with Gasteiger partial charge in [-0.05, 0) is 18.1 Å². The Kier molecular flexibility index (Phi) is 1.35. The first-order valence-corrected chi connectivity index (χ1v) is 6.17. The topological polar surface area (TPSA) is 101 Å². The van der Waals surface area contributed by atoms with Gasteiger partial charge in [0, 0.05) is 5.31 Å². The summed E-state index contributed by atoms with van der Waals surface area (Å²) in [5.41, 5.74) is 6.10. The number of allylic oxidation sites excluding steroid dienone is 4. The molecule has 5 nitrogen and oxygen atoms in total. The smallest absolute Gasteiger partial charge is 0.320 e. The van der Waals surface area contributed by atoms with Crippen molar-refractivity contribution in [1.29, 1.82) is 0 Å². The molecule has 1 unspecified atom stereocenters. The van der Waals surface area contributed by atoms with E-state index in [1.807, 2.05) is 0 Å². The molecule has 0 radical (unpaired) electrons. The van der Waals surface area contributed by atoms with Gasteiger partial charge in [-0.3, -0.25) is 4.79 Å². The molecule has 0 aliphatic carbocycles. The van der Waals surface area contributed by atoms with Crippen molar-refractivity contribution in [2.75, 3.05) is 0 Å². The summed E-state index contributed by atoms with van der Waals surface area (Å²) in [6.07, 6.45) is 1.79. The van der Waals surface area contributed by atoms with E-state index in [0.29, 0.717) is 15.9 Å². The number of carboxylic acid groups (broad SMARTS) is 1. The minimum Gasteiger partial charge on any atom is -0.506 e. The highest BCUT2D eigenvalue weighted by Crippen LogP contribution is 2.95. The lowest BCUT2D eigenvalue weighted by atomic mass is 10.0. The average Bonchev–Trinajstić information content (AvgIpc) is 2.65. The minimum absolute atomic E-state index is 0.126. The van der Waals surface area contributed by atoms with Crippen LogP contribution < -0.4 is 5.73 Å². The fraction of sp³-hybridized carbons (Fsp3) is 0.222. The number of hydrogen-bond acceptors (Lipinski definition) is 4. The molecule has 4 N–H and O–H groups in total. The monoisotopic (exact) mass is 225 g/mol. The number of aliphatic carboxylic acids is 1. The van der Waals surface area contributed by atoms with Crippen molar-refractivity contribution >= 4 is 13.1 Å².